The number of amides is 2. The maximum Gasteiger partial charge on any atom is 0.225 e. The first-order chi connectivity index (χ1) is 13.1. The molecule has 2 heterocycles. The summed E-state index contributed by atoms with van der Waals surface area (Å²) in [5.74, 6) is 1.00. The molecule has 6 nitrogen and oxygen atoms in total. The van der Waals surface area contributed by atoms with Gasteiger partial charge in [-0.05, 0) is 67.0 Å². The van der Waals surface area contributed by atoms with Gasteiger partial charge in [0.15, 0.2) is 0 Å². The van der Waals surface area contributed by atoms with Crippen LogP contribution in [0.25, 0.3) is 0 Å². The first kappa shape index (κ1) is 21.5. The number of pyridine rings is 2. The van der Waals surface area contributed by atoms with E-state index >= 15 is 0 Å². The van der Waals surface area contributed by atoms with E-state index in [2.05, 4.69) is 41.4 Å². The maximum atomic E-state index is 12.5. The lowest BCUT2D eigenvalue weighted by Crippen LogP contribution is -2.27. The molecule has 0 aliphatic carbocycles. The molecule has 0 aliphatic heterocycles. The average molecular weight is 383 g/mol. The summed E-state index contributed by atoms with van der Waals surface area (Å²) in [6.45, 7) is 10.2. The van der Waals surface area contributed by atoms with Crippen LogP contribution in [0, 0.1) is 25.2 Å². The second-order valence-corrected chi connectivity index (χ2v) is 8.34. The normalized spacial score (nSPS) is 12.3. The molecule has 0 radical (unpaired) electrons. The Morgan fingerprint density at radius 3 is 1.89 bits per heavy atom. The number of nitrogens with one attached hydrogen (secondary N) is 2. The van der Waals surface area contributed by atoms with Crippen LogP contribution in [0.4, 0.5) is 11.6 Å². The monoisotopic (exact) mass is 382 g/mol. The molecule has 2 N–H and O–H groups in total. The van der Waals surface area contributed by atoms with Gasteiger partial charge in [0.1, 0.15) is 11.6 Å². The van der Waals surface area contributed by atoms with E-state index in [1.54, 1.807) is 12.4 Å². The first-order valence-corrected chi connectivity index (χ1v) is 9.58. The van der Waals surface area contributed by atoms with Gasteiger partial charge < -0.3 is 10.6 Å². The minimum Gasteiger partial charge on any atom is -0.311 e. The van der Waals surface area contributed by atoms with Gasteiger partial charge in [-0.15, -0.1) is 0 Å². The molecule has 150 valence electrons. The Labute approximate surface area is 167 Å². The van der Waals surface area contributed by atoms with Crippen LogP contribution >= 0.6 is 0 Å². The van der Waals surface area contributed by atoms with Crippen LogP contribution in [0.15, 0.2) is 36.7 Å². The van der Waals surface area contributed by atoms with Gasteiger partial charge in [-0.2, -0.15) is 0 Å². The Kier molecular flexibility index (Phi) is 7.26. The predicted octanol–water partition coefficient (Wildman–Crippen LogP) is 4.50. The Balaban J connectivity index is 1.92. The fourth-order valence-electron chi connectivity index (χ4n) is 2.98. The van der Waals surface area contributed by atoms with E-state index in [0.29, 0.717) is 30.9 Å². The van der Waals surface area contributed by atoms with Crippen LogP contribution in [0.3, 0.4) is 0 Å². The molecular formula is C22H30N4O2. The largest absolute Gasteiger partial charge is 0.311 e. The van der Waals surface area contributed by atoms with Crippen molar-refractivity contribution in [3.63, 3.8) is 0 Å². The number of aromatic nitrogens is 2. The first-order valence-electron chi connectivity index (χ1n) is 9.58. The highest BCUT2D eigenvalue weighted by atomic mass is 16.2. The third kappa shape index (κ3) is 7.10. The summed E-state index contributed by atoms with van der Waals surface area (Å²) in [6.07, 6.45) is 4.65. The molecule has 0 bridgehead atoms. The van der Waals surface area contributed by atoms with Gasteiger partial charge in [-0.1, -0.05) is 20.8 Å². The second kappa shape index (κ2) is 9.44. The molecule has 0 fully saturated rings. The molecule has 0 spiro atoms. The summed E-state index contributed by atoms with van der Waals surface area (Å²) in [5, 5.41) is 5.69. The summed E-state index contributed by atoms with van der Waals surface area (Å²) in [5.41, 5.74) is 1.98. The van der Waals surface area contributed by atoms with Crippen LogP contribution in [0.2, 0.25) is 0 Å². The lowest BCUT2D eigenvalue weighted by atomic mass is 9.76. The minimum atomic E-state index is -0.0980. The summed E-state index contributed by atoms with van der Waals surface area (Å²) in [6, 6.07) is 7.44. The van der Waals surface area contributed by atoms with Crippen molar-refractivity contribution in [1.29, 1.82) is 0 Å². The predicted molar refractivity (Wildman–Crippen MR) is 112 cm³/mol. The molecule has 0 saturated carbocycles. The third-order valence-electron chi connectivity index (χ3n) is 4.74. The number of hydrogen-bond acceptors (Lipinski definition) is 4. The molecule has 0 aromatic carbocycles. The van der Waals surface area contributed by atoms with Crippen molar-refractivity contribution in [2.45, 2.75) is 53.9 Å². The highest BCUT2D eigenvalue weighted by molar-refractivity contribution is 5.91. The van der Waals surface area contributed by atoms with Crippen molar-refractivity contribution in [1.82, 2.24) is 9.97 Å². The van der Waals surface area contributed by atoms with Crippen molar-refractivity contribution in [3.05, 3.63) is 47.8 Å². The van der Waals surface area contributed by atoms with Crippen LogP contribution in [-0.2, 0) is 9.59 Å². The van der Waals surface area contributed by atoms with Gasteiger partial charge in [0, 0.05) is 25.2 Å². The second-order valence-electron chi connectivity index (χ2n) is 8.34. The lowest BCUT2D eigenvalue weighted by Gasteiger charge is -2.30. The molecule has 6 heteroatoms. The van der Waals surface area contributed by atoms with Crippen molar-refractivity contribution < 1.29 is 9.59 Å². The quantitative estimate of drug-likeness (QED) is 0.738. The fraction of sp³-hybridized carbons (Fsp3) is 0.455. The number of carbonyl (C=O) groups excluding carboxylic acids is 2. The van der Waals surface area contributed by atoms with Gasteiger partial charge in [0.25, 0.3) is 0 Å². The molecule has 2 aromatic rings. The molecule has 1 unspecified atom stereocenters. The molecule has 2 amide bonds. The Morgan fingerprint density at radius 2 is 1.43 bits per heavy atom. The highest BCUT2D eigenvalue weighted by Gasteiger charge is 2.27. The number of rotatable bonds is 7. The topological polar surface area (TPSA) is 84.0 Å². The van der Waals surface area contributed by atoms with E-state index in [-0.39, 0.29) is 23.1 Å². The molecule has 2 rings (SSSR count). The summed E-state index contributed by atoms with van der Waals surface area (Å²) < 4.78 is 0. The SMILES string of the molecule is Cc1ccnc(NC(=O)CCC(CC(=O)Nc2cc(C)ccn2)C(C)(C)C)c1. The van der Waals surface area contributed by atoms with Crippen LogP contribution in [0.1, 0.15) is 51.2 Å². The van der Waals surface area contributed by atoms with E-state index in [1.807, 2.05) is 38.1 Å². The molecule has 0 aliphatic rings. The van der Waals surface area contributed by atoms with E-state index in [4.69, 9.17) is 0 Å². The van der Waals surface area contributed by atoms with Gasteiger partial charge in [0.05, 0.1) is 0 Å². The van der Waals surface area contributed by atoms with Crippen LogP contribution in [-0.4, -0.2) is 21.8 Å². The third-order valence-corrected chi connectivity index (χ3v) is 4.74. The minimum absolute atomic E-state index is 0.0635. The Bertz CT molecular complexity index is 827. The van der Waals surface area contributed by atoms with Crippen molar-refractivity contribution in [3.8, 4) is 0 Å². The fourth-order valence-corrected chi connectivity index (χ4v) is 2.98. The van der Waals surface area contributed by atoms with Gasteiger partial charge in [-0.3, -0.25) is 9.59 Å². The number of anilines is 2. The summed E-state index contributed by atoms with van der Waals surface area (Å²) in [4.78, 5) is 33.1. The molecule has 1 atom stereocenters. The molecular weight excluding hydrogens is 352 g/mol. The zero-order chi connectivity index (χ0) is 20.7. The van der Waals surface area contributed by atoms with Gasteiger partial charge in [-0.25, -0.2) is 9.97 Å². The van der Waals surface area contributed by atoms with E-state index in [9.17, 15) is 9.59 Å². The van der Waals surface area contributed by atoms with Gasteiger partial charge >= 0.3 is 0 Å². The standard InChI is InChI=1S/C22H30N4O2/c1-15-8-10-23-18(12-15)25-20(27)7-6-17(22(3,4)5)14-21(28)26-19-13-16(2)9-11-24-19/h8-13,17H,6-7,14H2,1-5H3,(H,23,25,27)(H,24,26,28). The summed E-state index contributed by atoms with van der Waals surface area (Å²) in [7, 11) is 0. The average Bonchev–Trinajstić information content (AvgIpc) is 2.57. The highest BCUT2D eigenvalue weighted by Crippen LogP contribution is 2.33. The number of carbonyl (C=O) groups is 2. The molecule has 28 heavy (non-hydrogen) atoms. The van der Waals surface area contributed by atoms with E-state index in [0.717, 1.165) is 11.1 Å². The van der Waals surface area contributed by atoms with Crippen molar-refractivity contribution in [2.24, 2.45) is 11.3 Å². The van der Waals surface area contributed by atoms with Crippen LogP contribution in [0.5, 0.6) is 0 Å². The van der Waals surface area contributed by atoms with E-state index < -0.39 is 0 Å². The maximum absolute atomic E-state index is 12.5. The zero-order valence-corrected chi connectivity index (χ0v) is 17.4. The number of aryl methyl sites for hydroxylation is 2. The number of hydrogen-bond donors (Lipinski definition) is 2. The summed E-state index contributed by atoms with van der Waals surface area (Å²) >= 11 is 0. The smallest absolute Gasteiger partial charge is 0.225 e. The van der Waals surface area contributed by atoms with Gasteiger partial charge in [0.2, 0.25) is 11.8 Å². The van der Waals surface area contributed by atoms with Crippen molar-refractivity contribution in [2.75, 3.05) is 10.6 Å². The Morgan fingerprint density at radius 1 is 0.929 bits per heavy atom. The zero-order valence-electron chi connectivity index (χ0n) is 17.4. The lowest BCUT2D eigenvalue weighted by molar-refractivity contribution is -0.119. The van der Waals surface area contributed by atoms with Crippen molar-refractivity contribution >= 4 is 23.5 Å². The Hall–Kier alpha value is -2.76. The van der Waals surface area contributed by atoms with Crippen LogP contribution < -0.4 is 10.6 Å². The van der Waals surface area contributed by atoms with E-state index in [1.165, 1.54) is 0 Å². The molecule has 2 aromatic heterocycles. The number of nitrogens with zero attached hydrogens (tertiary/aromatic N) is 2. The molecule has 0 saturated heterocycles.